The van der Waals surface area contributed by atoms with Gasteiger partial charge in [0.1, 0.15) is 0 Å². The van der Waals surface area contributed by atoms with Gasteiger partial charge in [-0.1, -0.05) is 44.0 Å². The zero-order chi connectivity index (χ0) is 13.8. The first-order valence-electron chi connectivity index (χ1n) is 7.14. The largest absolute Gasteiger partial charge is 0.481 e. The van der Waals surface area contributed by atoms with Crippen molar-refractivity contribution >= 4 is 5.97 Å². The molecule has 0 amide bonds. The van der Waals surface area contributed by atoms with E-state index >= 15 is 0 Å². The van der Waals surface area contributed by atoms with Gasteiger partial charge in [0.15, 0.2) is 0 Å². The van der Waals surface area contributed by atoms with E-state index in [0.29, 0.717) is 5.92 Å². The molecule has 3 heteroatoms. The van der Waals surface area contributed by atoms with Gasteiger partial charge in [0.05, 0.1) is 5.92 Å². The van der Waals surface area contributed by atoms with Crippen molar-refractivity contribution in [1.29, 1.82) is 0 Å². The van der Waals surface area contributed by atoms with Gasteiger partial charge in [0.2, 0.25) is 0 Å². The molecule has 1 unspecified atom stereocenters. The van der Waals surface area contributed by atoms with Crippen LogP contribution in [0.5, 0.6) is 0 Å². The van der Waals surface area contributed by atoms with Gasteiger partial charge < -0.3 is 10.8 Å². The lowest BCUT2D eigenvalue weighted by Gasteiger charge is -2.26. The molecule has 0 aromatic heterocycles. The first-order chi connectivity index (χ1) is 9.11. The Kier molecular flexibility index (Phi) is 4.59. The van der Waals surface area contributed by atoms with Crippen molar-refractivity contribution in [2.24, 2.45) is 11.7 Å². The Hall–Kier alpha value is -1.35. The number of aliphatic carboxylic acids is 1. The number of benzene rings is 1. The van der Waals surface area contributed by atoms with Gasteiger partial charge in [0, 0.05) is 6.54 Å². The SMILES string of the molecule is CC1CCC(c2ccc(C(CN)C(=O)O)cc2)CC1. The second-order valence-corrected chi connectivity index (χ2v) is 5.75. The summed E-state index contributed by atoms with van der Waals surface area (Å²) in [4.78, 5) is 11.1. The lowest BCUT2D eigenvalue weighted by Crippen LogP contribution is -2.21. The van der Waals surface area contributed by atoms with E-state index in [1.54, 1.807) is 0 Å². The second-order valence-electron chi connectivity index (χ2n) is 5.75. The molecule has 2 rings (SSSR count). The molecule has 1 aliphatic rings. The Morgan fingerprint density at radius 2 is 1.84 bits per heavy atom. The van der Waals surface area contributed by atoms with Crippen LogP contribution in [0.4, 0.5) is 0 Å². The molecule has 104 valence electrons. The van der Waals surface area contributed by atoms with Crippen LogP contribution in [0.2, 0.25) is 0 Å². The van der Waals surface area contributed by atoms with Crippen LogP contribution in [0.25, 0.3) is 0 Å². The van der Waals surface area contributed by atoms with Crippen molar-refractivity contribution in [1.82, 2.24) is 0 Å². The van der Waals surface area contributed by atoms with Crippen molar-refractivity contribution in [3.63, 3.8) is 0 Å². The van der Waals surface area contributed by atoms with Crippen molar-refractivity contribution in [3.05, 3.63) is 35.4 Å². The molecule has 0 radical (unpaired) electrons. The average molecular weight is 261 g/mol. The molecule has 1 aromatic carbocycles. The number of hydrogen-bond acceptors (Lipinski definition) is 2. The predicted octanol–water partition coefficient (Wildman–Crippen LogP) is 3.11. The standard InChI is InChI=1S/C16H23NO2/c1-11-2-4-12(5-3-11)13-6-8-14(9-7-13)15(10-17)16(18)19/h6-9,11-12,15H,2-5,10,17H2,1H3,(H,18,19). The zero-order valence-corrected chi connectivity index (χ0v) is 11.5. The van der Waals surface area contributed by atoms with E-state index in [-0.39, 0.29) is 6.54 Å². The Balaban J connectivity index is 2.08. The van der Waals surface area contributed by atoms with Crippen LogP contribution in [-0.2, 0) is 4.79 Å². The van der Waals surface area contributed by atoms with E-state index in [1.165, 1.54) is 31.2 Å². The summed E-state index contributed by atoms with van der Waals surface area (Å²) in [5, 5.41) is 9.09. The molecular weight excluding hydrogens is 238 g/mol. The predicted molar refractivity (Wildman–Crippen MR) is 76.2 cm³/mol. The number of carboxylic acid groups (broad SMARTS) is 1. The van der Waals surface area contributed by atoms with Gasteiger partial charge in [0.25, 0.3) is 0 Å². The highest BCUT2D eigenvalue weighted by Crippen LogP contribution is 2.35. The summed E-state index contributed by atoms with van der Waals surface area (Å²) in [6.07, 6.45) is 5.10. The maximum Gasteiger partial charge on any atom is 0.312 e. The molecule has 0 heterocycles. The molecule has 1 aliphatic carbocycles. The van der Waals surface area contributed by atoms with E-state index in [2.05, 4.69) is 19.1 Å². The van der Waals surface area contributed by atoms with Gasteiger partial charge in [-0.25, -0.2) is 0 Å². The second kappa shape index (κ2) is 6.20. The smallest absolute Gasteiger partial charge is 0.312 e. The fourth-order valence-corrected chi connectivity index (χ4v) is 2.97. The fourth-order valence-electron chi connectivity index (χ4n) is 2.97. The molecule has 3 N–H and O–H groups in total. The lowest BCUT2D eigenvalue weighted by atomic mass is 9.79. The summed E-state index contributed by atoms with van der Waals surface area (Å²) in [5.41, 5.74) is 7.67. The van der Waals surface area contributed by atoms with Crippen LogP contribution in [-0.4, -0.2) is 17.6 Å². The normalized spacial score (nSPS) is 24.9. The number of carbonyl (C=O) groups is 1. The third-order valence-electron chi connectivity index (χ3n) is 4.36. The molecule has 1 saturated carbocycles. The van der Waals surface area contributed by atoms with Crippen molar-refractivity contribution in [2.75, 3.05) is 6.54 Å². The van der Waals surface area contributed by atoms with Crippen LogP contribution >= 0.6 is 0 Å². The molecule has 3 nitrogen and oxygen atoms in total. The molecule has 1 aromatic rings. The van der Waals surface area contributed by atoms with Gasteiger partial charge in [-0.05, 0) is 35.8 Å². The highest BCUT2D eigenvalue weighted by atomic mass is 16.4. The van der Waals surface area contributed by atoms with Crippen LogP contribution in [0, 0.1) is 5.92 Å². The third kappa shape index (κ3) is 3.35. The Morgan fingerprint density at radius 1 is 1.26 bits per heavy atom. The summed E-state index contributed by atoms with van der Waals surface area (Å²) in [6, 6.07) is 8.03. The summed E-state index contributed by atoms with van der Waals surface area (Å²) in [7, 11) is 0. The summed E-state index contributed by atoms with van der Waals surface area (Å²) in [6.45, 7) is 2.47. The van der Waals surface area contributed by atoms with Crippen molar-refractivity contribution in [3.8, 4) is 0 Å². The van der Waals surface area contributed by atoms with Crippen LogP contribution in [0.1, 0.15) is 55.6 Å². The van der Waals surface area contributed by atoms with E-state index in [0.717, 1.165) is 11.5 Å². The summed E-state index contributed by atoms with van der Waals surface area (Å²) < 4.78 is 0. The van der Waals surface area contributed by atoms with Gasteiger partial charge >= 0.3 is 5.97 Å². The van der Waals surface area contributed by atoms with Crippen LogP contribution in [0.3, 0.4) is 0 Å². The Morgan fingerprint density at radius 3 is 2.32 bits per heavy atom. The Labute approximate surface area is 114 Å². The average Bonchev–Trinajstić information content (AvgIpc) is 2.41. The Bertz CT molecular complexity index is 419. The molecule has 1 atom stereocenters. The highest BCUT2D eigenvalue weighted by Gasteiger charge is 2.21. The first-order valence-corrected chi connectivity index (χ1v) is 7.14. The van der Waals surface area contributed by atoms with E-state index in [9.17, 15) is 4.79 Å². The van der Waals surface area contributed by atoms with Crippen molar-refractivity contribution < 1.29 is 9.90 Å². The first kappa shape index (κ1) is 14.1. The van der Waals surface area contributed by atoms with Crippen molar-refractivity contribution in [2.45, 2.75) is 44.4 Å². The highest BCUT2D eigenvalue weighted by molar-refractivity contribution is 5.76. The molecule has 0 spiro atoms. The minimum atomic E-state index is -0.846. The van der Waals surface area contributed by atoms with Gasteiger partial charge in [-0.2, -0.15) is 0 Å². The number of hydrogen-bond donors (Lipinski definition) is 2. The van der Waals surface area contributed by atoms with Crippen LogP contribution in [0.15, 0.2) is 24.3 Å². The van der Waals surface area contributed by atoms with E-state index < -0.39 is 11.9 Å². The maximum absolute atomic E-state index is 11.1. The maximum atomic E-state index is 11.1. The third-order valence-corrected chi connectivity index (χ3v) is 4.36. The monoisotopic (exact) mass is 261 g/mol. The van der Waals surface area contributed by atoms with E-state index in [4.69, 9.17) is 10.8 Å². The molecule has 0 aliphatic heterocycles. The molecular formula is C16H23NO2. The zero-order valence-electron chi connectivity index (χ0n) is 11.5. The number of nitrogens with two attached hydrogens (primary N) is 1. The lowest BCUT2D eigenvalue weighted by molar-refractivity contribution is -0.138. The molecule has 19 heavy (non-hydrogen) atoms. The van der Waals surface area contributed by atoms with Gasteiger partial charge in [-0.15, -0.1) is 0 Å². The van der Waals surface area contributed by atoms with Crippen LogP contribution < -0.4 is 5.73 Å². The van der Waals surface area contributed by atoms with Gasteiger partial charge in [-0.3, -0.25) is 4.79 Å². The molecule has 1 fully saturated rings. The van der Waals surface area contributed by atoms with E-state index in [1.807, 2.05) is 12.1 Å². The molecule has 0 saturated heterocycles. The number of rotatable bonds is 4. The quantitative estimate of drug-likeness (QED) is 0.875. The minimum Gasteiger partial charge on any atom is -0.481 e. The molecule has 0 bridgehead atoms. The fraction of sp³-hybridized carbons (Fsp3) is 0.562. The number of carboxylic acids is 1. The summed E-state index contributed by atoms with van der Waals surface area (Å²) in [5.74, 6) is 0.0673. The minimum absolute atomic E-state index is 0.148. The topological polar surface area (TPSA) is 63.3 Å². The summed E-state index contributed by atoms with van der Waals surface area (Å²) >= 11 is 0.